The zero-order valence-electron chi connectivity index (χ0n) is 8.82. The fraction of sp³-hybridized carbons (Fsp3) is 0.545. The van der Waals surface area contributed by atoms with Crippen molar-refractivity contribution in [1.82, 2.24) is 10.6 Å². The highest BCUT2D eigenvalue weighted by Gasteiger charge is 2.24. The molecule has 0 spiro atoms. The van der Waals surface area contributed by atoms with Crippen LogP contribution in [-0.2, 0) is 11.3 Å². The van der Waals surface area contributed by atoms with Crippen LogP contribution in [0.4, 0.5) is 0 Å². The molecular weight excluding hydrogens is 208 g/mol. The van der Waals surface area contributed by atoms with Crippen molar-refractivity contribution < 1.29 is 4.79 Å². The smallest absolute Gasteiger partial charge is 0.237 e. The molecule has 2 N–H and O–H groups in total. The van der Waals surface area contributed by atoms with E-state index in [1.165, 1.54) is 4.88 Å². The maximum absolute atomic E-state index is 11.6. The van der Waals surface area contributed by atoms with Crippen LogP contribution in [0.5, 0.6) is 0 Å². The van der Waals surface area contributed by atoms with Crippen LogP contribution in [0.15, 0.2) is 17.5 Å². The lowest BCUT2D eigenvalue weighted by Gasteiger charge is -2.27. The van der Waals surface area contributed by atoms with E-state index in [2.05, 4.69) is 22.1 Å². The quantitative estimate of drug-likeness (QED) is 0.817. The topological polar surface area (TPSA) is 41.1 Å². The first-order valence-electron chi connectivity index (χ1n) is 5.32. The highest BCUT2D eigenvalue weighted by molar-refractivity contribution is 7.09. The summed E-state index contributed by atoms with van der Waals surface area (Å²) in [6.45, 7) is 2.84. The Morgan fingerprint density at radius 3 is 3.13 bits per heavy atom. The van der Waals surface area contributed by atoms with E-state index in [0.717, 1.165) is 19.4 Å². The second kappa shape index (κ2) is 4.77. The molecule has 1 aromatic rings. The lowest BCUT2D eigenvalue weighted by atomic mass is 10.0. The van der Waals surface area contributed by atoms with Gasteiger partial charge in [0.15, 0.2) is 0 Å². The Morgan fingerprint density at radius 2 is 2.47 bits per heavy atom. The molecule has 0 saturated carbocycles. The SMILES string of the molecule is CC1CCC(NCc2cccs2)C(=O)N1. The van der Waals surface area contributed by atoms with E-state index in [4.69, 9.17) is 0 Å². The normalized spacial score (nSPS) is 26.3. The van der Waals surface area contributed by atoms with Crippen molar-refractivity contribution >= 4 is 17.2 Å². The summed E-state index contributed by atoms with van der Waals surface area (Å²) in [6.07, 6.45) is 2.01. The first-order chi connectivity index (χ1) is 7.25. The van der Waals surface area contributed by atoms with Crippen molar-refractivity contribution in [3.8, 4) is 0 Å². The average molecular weight is 224 g/mol. The summed E-state index contributed by atoms with van der Waals surface area (Å²) in [7, 11) is 0. The molecule has 0 aliphatic carbocycles. The second-order valence-electron chi connectivity index (χ2n) is 4.00. The van der Waals surface area contributed by atoms with E-state index in [0.29, 0.717) is 6.04 Å². The number of carbonyl (C=O) groups excluding carboxylic acids is 1. The number of thiophene rings is 1. The average Bonchev–Trinajstić information content (AvgIpc) is 2.69. The molecule has 2 atom stereocenters. The fourth-order valence-electron chi connectivity index (χ4n) is 1.80. The van der Waals surface area contributed by atoms with Crippen LogP contribution in [-0.4, -0.2) is 18.0 Å². The Kier molecular flexibility index (Phi) is 3.38. The van der Waals surface area contributed by atoms with E-state index >= 15 is 0 Å². The van der Waals surface area contributed by atoms with Gasteiger partial charge in [-0.2, -0.15) is 0 Å². The van der Waals surface area contributed by atoms with Crippen LogP contribution in [0.3, 0.4) is 0 Å². The summed E-state index contributed by atoms with van der Waals surface area (Å²) < 4.78 is 0. The molecule has 15 heavy (non-hydrogen) atoms. The summed E-state index contributed by atoms with van der Waals surface area (Å²) in [6, 6.07) is 4.44. The van der Waals surface area contributed by atoms with Gasteiger partial charge in [-0.05, 0) is 31.2 Å². The minimum Gasteiger partial charge on any atom is -0.352 e. The fourth-order valence-corrected chi connectivity index (χ4v) is 2.45. The molecule has 1 saturated heterocycles. The van der Waals surface area contributed by atoms with Gasteiger partial charge in [0.25, 0.3) is 0 Å². The van der Waals surface area contributed by atoms with Crippen molar-refractivity contribution in [2.75, 3.05) is 0 Å². The third-order valence-electron chi connectivity index (χ3n) is 2.70. The number of piperidine rings is 1. The predicted octanol–water partition coefficient (Wildman–Crippen LogP) is 1.50. The second-order valence-corrected chi connectivity index (χ2v) is 5.03. The molecule has 2 unspecified atom stereocenters. The maximum Gasteiger partial charge on any atom is 0.237 e. The van der Waals surface area contributed by atoms with E-state index in [-0.39, 0.29) is 11.9 Å². The lowest BCUT2D eigenvalue weighted by molar-refractivity contribution is -0.125. The van der Waals surface area contributed by atoms with E-state index in [1.807, 2.05) is 13.0 Å². The molecule has 1 fully saturated rings. The molecular formula is C11H16N2OS. The van der Waals surface area contributed by atoms with Gasteiger partial charge in [0.05, 0.1) is 6.04 Å². The van der Waals surface area contributed by atoms with Crippen LogP contribution in [0.1, 0.15) is 24.6 Å². The predicted molar refractivity (Wildman–Crippen MR) is 61.8 cm³/mol. The number of nitrogens with one attached hydrogen (secondary N) is 2. The summed E-state index contributed by atoms with van der Waals surface area (Å²) in [5.74, 6) is 0.144. The van der Waals surface area contributed by atoms with Crippen molar-refractivity contribution in [1.29, 1.82) is 0 Å². The standard InChI is InChI=1S/C11H16N2OS/c1-8-4-5-10(11(14)13-8)12-7-9-3-2-6-15-9/h2-3,6,8,10,12H,4-5,7H2,1H3,(H,13,14). The highest BCUT2D eigenvalue weighted by Crippen LogP contribution is 2.12. The van der Waals surface area contributed by atoms with Crippen LogP contribution in [0, 0.1) is 0 Å². The Hall–Kier alpha value is -0.870. The van der Waals surface area contributed by atoms with Gasteiger partial charge < -0.3 is 10.6 Å². The summed E-state index contributed by atoms with van der Waals surface area (Å²) >= 11 is 1.72. The molecule has 0 bridgehead atoms. The highest BCUT2D eigenvalue weighted by atomic mass is 32.1. The number of hydrogen-bond donors (Lipinski definition) is 2. The lowest BCUT2D eigenvalue weighted by Crippen LogP contribution is -2.51. The van der Waals surface area contributed by atoms with Gasteiger partial charge in [0, 0.05) is 17.5 Å². The molecule has 0 aromatic carbocycles. The molecule has 82 valence electrons. The summed E-state index contributed by atoms with van der Waals surface area (Å²) in [4.78, 5) is 12.9. The molecule has 1 aliphatic heterocycles. The van der Waals surface area contributed by atoms with Crippen LogP contribution >= 0.6 is 11.3 Å². The molecule has 3 nitrogen and oxygen atoms in total. The van der Waals surface area contributed by atoms with Crippen molar-refractivity contribution in [2.24, 2.45) is 0 Å². The number of rotatable bonds is 3. The van der Waals surface area contributed by atoms with Gasteiger partial charge >= 0.3 is 0 Å². The molecule has 4 heteroatoms. The minimum absolute atomic E-state index is 0.0108. The zero-order valence-corrected chi connectivity index (χ0v) is 9.64. The number of carbonyl (C=O) groups is 1. The largest absolute Gasteiger partial charge is 0.352 e. The van der Waals surface area contributed by atoms with Crippen molar-refractivity contribution in [3.05, 3.63) is 22.4 Å². The van der Waals surface area contributed by atoms with Gasteiger partial charge in [0.2, 0.25) is 5.91 Å². The monoisotopic (exact) mass is 224 g/mol. The van der Waals surface area contributed by atoms with Gasteiger partial charge in [-0.3, -0.25) is 4.79 Å². The minimum atomic E-state index is -0.0108. The van der Waals surface area contributed by atoms with E-state index in [9.17, 15) is 4.79 Å². The molecule has 1 amide bonds. The molecule has 2 rings (SSSR count). The molecule has 2 heterocycles. The maximum atomic E-state index is 11.6. The van der Waals surface area contributed by atoms with Gasteiger partial charge in [-0.15, -0.1) is 11.3 Å². The Morgan fingerprint density at radius 1 is 1.60 bits per heavy atom. The summed E-state index contributed by atoms with van der Waals surface area (Å²) in [5.41, 5.74) is 0. The van der Waals surface area contributed by atoms with Crippen LogP contribution in [0.2, 0.25) is 0 Å². The summed E-state index contributed by atoms with van der Waals surface area (Å²) in [5, 5.41) is 8.31. The Balaban J connectivity index is 1.82. The van der Waals surface area contributed by atoms with Crippen LogP contribution in [0.25, 0.3) is 0 Å². The van der Waals surface area contributed by atoms with E-state index < -0.39 is 0 Å². The van der Waals surface area contributed by atoms with Crippen molar-refractivity contribution in [3.63, 3.8) is 0 Å². The van der Waals surface area contributed by atoms with Crippen LogP contribution < -0.4 is 10.6 Å². The van der Waals surface area contributed by atoms with Gasteiger partial charge in [-0.1, -0.05) is 6.07 Å². The molecule has 0 radical (unpaired) electrons. The third-order valence-corrected chi connectivity index (χ3v) is 3.57. The van der Waals surface area contributed by atoms with E-state index in [1.54, 1.807) is 11.3 Å². The van der Waals surface area contributed by atoms with Gasteiger partial charge in [0.1, 0.15) is 0 Å². The zero-order chi connectivity index (χ0) is 10.7. The van der Waals surface area contributed by atoms with Gasteiger partial charge in [-0.25, -0.2) is 0 Å². The first-order valence-corrected chi connectivity index (χ1v) is 6.20. The molecule has 1 aliphatic rings. The molecule has 1 aromatic heterocycles. The van der Waals surface area contributed by atoms with Crippen molar-refractivity contribution in [2.45, 2.75) is 38.4 Å². The number of hydrogen-bond acceptors (Lipinski definition) is 3. The Labute approximate surface area is 93.9 Å². The Bertz CT molecular complexity index is 323. The number of amides is 1. The first kappa shape index (κ1) is 10.6. The third kappa shape index (κ3) is 2.79.